The molecule has 0 aliphatic carbocycles. The van der Waals surface area contributed by atoms with Gasteiger partial charge in [-0.25, -0.2) is 4.39 Å². The molecular weight excluding hydrogens is 435 g/mol. The van der Waals surface area contributed by atoms with Crippen LogP contribution >= 0.6 is 0 Å². The molecule has 3 aromatic carbocycles. The van der Waals surface area contributed by atoms with Crippen LogP contribution < -0.4 is 14.5 Å². The fraction of sp³-hybridized carbons (Fsp3) is 0.222. The van der Waals surface area contributed by atoms with Crippen LogP contribution in [-0.4, -0.2) is 36.3 Å². The quantitative estimate of drug-likeness (QED) is 0.543. The van der Waals surface area contributed by atoms with Crippen LogP contribution in [0.15, 0.2) is 66.7 Å². The molecule has 6 nitrogen and oxygen atoms in total. The summed E-state index contributed by atoms with van der Waals surface area (Å²) in [4.78, 5) is 42.6. The third-order valence-electron chi connectivity index (χ3n) is 6.22. The summed E-state index contributed by atoms with van der Waals surface area (Å²) in [5.41, 5.74) is 1.85. The molecule has 0 unspecified atom stereocenters. The zero-order chi connectivity index (χ0) is 24.0. The average Bonchev–Trinajstić information content (AvgIpc) is 3.26. The number of ketones is 1. The van der Waals surface area contributed by atoms with E-state index in [9.17, 15) is 18.8 Å². The van der Waals surface area contributed by atoms with Gasteiger partial charge in [0.25, 0.3) is 11.8 Å². The van der Waals surface area contributed by atoms with Gasteiger partial charge in [0.15, 0.2) is 11.4 Å². The molecule has 0 atom stereocenters. The molecule has 2 aliphatic rings. The molecule has 7 heteroatoms. The largest absolute Gasteiger partial charge is 0.476 e. The van der Waals surface area contributed by atoms with E-state index in [4.69, 9.17) is 4.74 Å². The molecule has 0 N–H and O–H groups in total. The summed E-state index contributed by atoms with van der Waals surface area (Å²) in [6, 6.07) is 17.9. The number of nitrogens with zero attached hydrogens (tertiary/aromatic N) is 2. The Morgan fingerprint density at radius 2 is 1.68 bits per heavy atom. The fourth-order valence-corrected chi connectivity index (χ4v) is 4.43. The van der Waals surface area contributed by atoms with Crippen molar-refractivity contribution in [2.75, 3.05) is 22.9 Å². The maximum atomic E-state index is 13.4. The van der Waals surface area contributed by atoms with E-state index < -0.39 is 17.3 Å². The molecule has 0 fully saturated rings. The molecule has 0 bridgehead atoms. The van der Waals surface area contributed by atoms with E-state index in [1.807, 2.05) is 24.3 Å². The van der Waals surface area contributed by atoms with E-state index in [1.54, 1.807) is 36.9 Å². The minimum atomic E-state index is -1.19. The summed E-state index contributed by atoms with van der Waals surface area (Å²) in [6.07, 6.45) is 0.779. The molecule has 2 heterocycles. The van der Waals surface area contributed by atoms with E-state index in [-0.39, 0.29) is 18.2 Å². The summed E-state index contributed by atoms with van der Waals surface area (Å²) in [5, 5.41) is 0. The minimum Gasteiger partial charge on any atom is -0.476 e. The van der Waals surface area contributed by atoms with E-state index >= 15 is 0 Å². The van der Waals surface area contributed by atoms with Gasteiger partial charge >= 0.3 is 0 Å². The molecule has 3 aromatic rings. The van der Waals surface area contributed by atoms with Gasteiger partial charge in [-0.2, -0.15) is 0 Å². The van der Waals surface area contributed by atoms with Gasteiger partial charge in [0.2, 0.25) is 0 Å². The molecule has 0 aromatic heterocycles. The van der Waals surface area contributed by atoms with Crippen molar-refractivity contribution >= 4 is 29.0 Å². The predicted octanol–water partition coefficient (Wildman–Crippen LogP) is 4.42. The van der Waals surface area contributed by atoms with Crippen LogP contribution in [0.5, 0.6) is 5.75 Å². The van der Waals surface area contributed by atoms with Crippen molar-refractivity contribution in [3.05, 3.63) is 89.2 Å². The lowest BCUT2D eigenvalue weighted by Gasteiger charge is -2.38. The van der Waals surface area contributed by atoms with Gasteiger partial charge in [-0.05, 0) is 74.4 Å². The molecular formula is C27H23FN2O4. The average molecular weight is 458 g/mol. The monoisotopic (exact) mass is 458 g/mol. The Morgan fingerprint density at radius 1 is 0.971 bits per heavy atom. The summed E-state index contributed by atoms with van der Waals surface area (Å²) in [5.74, 6) is -0.962. The molecule has 5 rings (SSSR count). The number of halogens is 1. The number of hydrogen-bond donors (Lipinski definition) is 0. The molecule has 0 saturated heterocycles. The highest BCUT2D eigenvalue weighted by Gasteiger charge is 2.42. The number of rotatable bonds is 4. The number of fused-ring (bicyclic) bond motifs is 2. The van der Waals surface area contributed by atoms with Crippen molar-refractivity contribution in [2.45, 2.75) is 25.9 Å². The van der Waals surface area contributed by atoms with Gasteiger partial charge in [-0.15, -0.1) is 0 Å². The van der Waals surface area contributed by atoms with E-state index in [0.29, 0.717) is 29.1 Å². The number of amides is 2. The number of benzene rings is 3. The van der Waals surface area contributed by atoms with Crippen LogP contribution in [-0.2, 0) is 11.2 Å². The standard InChI is InChI=1S/C27H23FN2O4/c1-27(2)26(33)30(16-23(31)18-7-10-20(28)11-8-18)22-15-19(9-12-24(22)34-27)25(32)29-14-13-17-5-3-4-6-21(17)29/h3-12,15H,13-14,16H2,1-2H3. The van der Waals surface area contributed by atoms with Crippen LogP contribution in [0.1, 0.15) is 40.1 Å². The van der Waals surface area contributed by atoms with Gasteiger partial charge in [0.1, 0.15) is 11.6 Å². The van der Waals surface area contributed by atoms with Crippen molar-refractivity contribution in [1.82, 2.24) is 0 Å². The van der Waals surface area contributed by atoms with Crippen molar-refractivity contribution in [3.8, 4) is 5.75 Å². The Labute approximate surface area is 196 Å². The Morgan fingerprint density at radius 3 is 2.44 bits per heavy atom. The van der Waals surface area contributed by atoms with Crippen LogP contribution in [0.3, 0.4) is 0 Å². The Kier molecular flexibility index (Phi) is 5.20. The highest BCUT2D eigenvalue weighted by Crippen LogP contribution is 2.39. The molecule has 0 saturated carbocycles. The first-order valence-electron chi connectivity index (χ1n) is 11.1. The smallest absolute Gasteiger partial charge is 0.271 e. The lowest BCUT2D eigenvalue weighted by atomic mass is 10.0. The molecule has 0 radical (unpaired) electrons. The van der Waals surface area contributed by atoms with Crippen LogP contribution in [0.25, 0.3) is 0 Å². The highest BCUT2D eigenvalue weighted by molar-refractivity contribution is 6.12. The van der Waals surface area contributed by atoms with Crippen molar-refractivity contribution in [3.63, 3.8) is 0 Å². The lowest BCUT2D eigenvalue weighted by molar-refractivity contribution is -0.132. The maximum Gasteiger partial charge on any atom is 0.271 e. The number of Topliss-reactive ketones (excluding diaryl/α,β-unsaturated/α-hetero) is 1. The molecule has 2 amide bonds. The lowest BCUT2D eigenvalue weighted by Crippen LogP contribution is -2.54. The summed E-state index contributed by atoms with van der Waals surface area (Å²) in [7, 11) is 0. The first kappa shape index (κ1) is 21.8. The number of carbonyl (C=O) groups excluding carboxylic acids is 3. The fourth-order valence-electron chi connectivity index (χ4n) is 4.43. The second-order valence-corrected chi connectivity index (χ2v) is 8.95. The SMILES string of the molecule is CC1(C)Oc2ccc(C(=O)N3CCc4ccccc43)cc2N(CC(=O)c2ccc(F)cc2)C1=O. The third-order valence-corrected chi connectivity index (χ3v) is 6.22. The van der Waals surface area contributed by atoms with Crippen LogP contribution in [0.4, 0.5) is 15.8 Å². The summed E-state index contributed by atoms with van der Waals surface area (Å²) >= 11 is 0. The number of anilines is 2. The number of ether oxygens (including phenoxy) is 1. The van der Waals surface area contributed by atoms with Gasteiger partial charge in [-0.3, -0.25) is 19.3 Å². The van der Waals surface area contributed by atoms with Gasteiger partial charge in [0, 0.05) is 23.4 Å². The summed E-state index contributed by atoms with van der Waals surface area (Å²) in [6.45, 7) is 3.58. The Balaban J connectivity index is 1.49. The van der Waals surface area contributed by atoms with Crippen LogP contribution in [0.2, 0.25) is 0 Å². The molecule has 0 spiro atoms. The number of hydrogen-bond acceptors (Lipinski definition) is 4. The van der Waals surface area contributed by atoms with Gasteiger partial charge in [-0.1, -0.05) is 18.2 Å². The second-order valence-electron chi connectivity index (χ2n) is 8.95. The van der Waals surface area contributed by atoms with Gasteiger partial charge < -0.3 is 9.64 Å². The van der Waals surface area contributed by atoms with E-state index in [0.717, 1.165) is 17.7 Å². The minimum absolute atomic E-state index is 0.185. The van der Waals surface area contributed by atoms with E-state index in [2.05, 4.69) is 0 Å². The number of carbonyl (C=O) groups is 3. The van der Waals surface area contributed by atoms with Crippen LogP contribution in [0, 0.1) is 5.82 Å². The topological polar surface area (TPSA) is 66.9 Å². The zero-order valence-electron chi connectivity index (χ0n) is 18.9. The second kappa shape index (κ2) is 8.09. The first-order valence-corrected chi connectivity index (χ1v) is 11.1. The van der Waals surface area contributed by atoms with Gasteiger partial charge in [0.05, 0.1) is 12.2 Å². The van der Waals surface area contributed by atoms with E-state index in [1.165, 1.54) is 29.2 Å². The third kappa shape index (κ3) is 3.73. The predicted molar refractivity (Wildman–Crippen MR) is 126 cm³/mol. The Bertz CT molecular complexity index is 1320. The number of para-hydroxylation sites is 1. The maximum absolute atomic E-state index is 13.4. The zero-order valence-corrected chi connectivity index (χ0v) is 18.9. The Hall–Kier alpha value is -4.00. The summed E-state index contributed by atoms with van der Waals surface area (Å²) < 4.78 is 19.2. The van der Waals surface area contributed by atoms with Crippen molar-refractivity contribution < 1.29 is 23.5 Å². The molecule has 2 aliphatic heterocycles. The normalized spacial score (nSPS) is 16.0. The van der Waals surface area contributed by atoms with Crippen molar-refractivity contribution in [2.24, 2.45) is 0 Å². The molecule has 34 heavy (non-hydrogen) atoms. The van der Waals surface area contributed by atoms with Crippen molar-refractivity contribution in [1.29, 1.82) is 0 Å². The highest BCUT2D eigenvalue weighted by atomic mass is 19.1. The first-order chi connectivity index (χ1) is 16.2. The molecule has 172 valence electrons.